The first-order valence-electron chi connectivity index (χ1n) is 10.2. The van der Waals surface area contributed by atoms with Gasteiger partial charge in [-0.15, -0.1) is 0 Å². The zero-order valence-corrected chi connectivity index (χ0v) is 16.6. The molecule has 0 unspecified atom stereocenters. The fraction of sp³-hybridized carbons (Fsp3) is 0. The summed E-state index contributed by atoms with van der Waals surface area (Å²) in [5, 5.41) is 10.2. The Bertz CT molecular complexity index is 1780. The molecular formula is C26H13N5O. The average molecular weight is 411 g/mol. The van der Waals surface area contributed by atoms with Gasteiger partial charge < -0.3 is 4.98 Å². The summed E-state index contributed by atoms with van der Waals surface area (Å²) in [6, 6.07) is 25.2. The molecule has 0 radical (unpaired) electrons. The van der Waals surface area contributed by atoms with E-state index < -0.39 is 0 Å². The number of aromatic nitrogens is 4. The molecule has 0 spiro atoms. The number of rotatable bonds is 1. The van der Waals surface area contributed by atoms with Crippen molar-refractivity contribution in [3.05, 3.63) is 89.5 Å². The molecule has 0 saturated heterocycles. The summed E-state index contributed by atoms with van der Waals surface area (Å²) in [6.45, 7) is 0. The molecule has 0 saturated carbocycles. The van der Waals surface area contributed by atoms with Crippen LogP contribution in [0.25, 0.3) is 50.4 Å². The van der Waals surface area contributed by atoms with Crippen LogP contribution in [-0.2, 0) is 0 Å². The number of aromatic amines is 1. The first-order valence-corrected chi connectivity index (χ1v) is 10.2. The third-order valence-corrected chi connectivity index (χ3v) is 6.14. The lowest BCUT2D eigenvalue weighted by Crippen LogP contribution is -2.06. The SMILES string of the molecule is N#Cc1c2c(c(-c3nc4ccccc4[nH]3)n3c1nc1ccccc13)C(=O)c1ccccc1-2. The van der Waals surface area contributed by atoms with Crippen LogP contribution in [0.3, 0.4) is 0 Å². The summed E-state index contributed by atoms with van der Waals surface area (Å²) >= 11 is 0. The Hall–Kier alpha value is -4.76. The number of ketones is 1. The maximum Gasteiger partial charge on any atom is 0.196 e. The molecule has 0 amide bonds. The first-order chi connectivity index (χ1) is 15.8. The average Bonchev–Trinajstić information content (AvgIpc) is 3.51. The number of imidazole rings is 2. The normalized spacial score (nSPS) is 12.4. The molecule has 32 heavy (non-hydrogen) atoms. The predicted molar refractivity (Wildman–Crippen MR) is 121 cm³/mol. The van der Waals surface area contributed by atoms with Gasteiger partial charge in [-0.2, -0.15) is 5.26 Å². The van der Waals surface area contributed by atoms with Crippen LogP contribution in [0.15, 0.2) is 72.8 Å². The van der Waals surface area contributed by atoms with Crippen LogP contribution in [0.5, 0.6) is 0 Å². The zero-order chi connectivity index (χ0) is 21.4. The van der Waals surface area contributed by atoms with Crippen LogP contribution in [0.4, 0.5) is 0 Å². The van der Waals surface area contributed by atoms with Gasteiger partial charge in [-0.05, 0) is 29.8 Å². The summed E-state index contributed by atoms with van der Waals surface area (Å²) in [5.74, 6) is 0.462. The fourth-order valence-electron chi connectivity index (χ4n) is 4.81. The Morgan fingerprint density at radius 3 is 2.34 bits per heavy atom. The standard InChI is InChI=1S/C26H13N5O/c27-13-16-21-14-7-1-2-8-15(14)24(32)22(21)23(25-28-17-9-3-4-10-18(17)29-25)31-20-12-6-5-11-19(20)30-26(16)31/h1-12H,(H,28,29). The lowest BCUT2D eigenvalue weighted by atomic mass is 9.99. The molecular weight excluding hydrogens is 398 g/mol. The number of carbonyl (C=O) groups is 1. The molecule has 148 valence electrons. The van der Waals surface area contributed by atoms with E-state index in [4.69, 9.17) is 9.97 Å². The van der Waals surface area contributed by atoms with Gasteiger partial charge in [-0.3, -0.25) is 9.20 Å². The molecule has 6 nitrogen and oxygen atoms in total. The highest BCUT2D eigenvalue weighted by molar-refractivity contribution is 6.26. The number of para-hydroxylation sites is 4. The van der Waals surface area contributed by atoms with Crippen molar-refractivity contribution in [2.24, 2.45) is 0 Å². The van der Waals surface area contributed by atoms with Gasteiger partial charge in [0, 0.05) is 11.1 Å². The van der Waals surface area contributed by atoms with Gasteiger partial charge in [-0.1, -0.05) is 48.5 Å². The van der Waals surface area contributed by atoms with Crippen LogP contribution in [0, 0.1) is 11.3 Å². The van der Waals surface area contributed by atoms with E-state index in [-0.39, 0.29) is 5.78 Å². The molecule has 0 atom stereocenters. The van der Waals surface area contributed by atoms with E-state index >= 15 is 0 Å². The van der Waals surface area contributed by atoms with Crippen molar-refractivity contribution >= 4 is 33.5 Å². The van der Waals surface area contributed by atoms with Crippen molar-refractivity contribution in [1.29, 1.82) is 5.26 Å². The van der Waals surface area contributed by atoms with E-state index in [1.807, 2.05) is 77.2 Å². The van der Waals surface area contributed by atoms with Crippen LogP contribution in [0.2, 0.25) is 0 Å². The number of hydrogen-bond acceptors (Lipinski definition) is 4. The summed E-state index contributed by atoms with van der Waals surface area (Å²) < 4.78 is 1.90. The number of fused-ring (bicyclic) bond motifs is 7. The zero-order valence-electron chi connectivity index (χ0n) is 16.6. The van der Waals surface area contributed by atoms with Crippen LogP contribution in [-0.4, -0.2) is 25.1 Å². The van der Waals surface area contributed by atoms with Gasteiger partial charge in [0.25, 0.3) is 0 Å². The highest BCUT2D eigenvalue weighted by Gasteiger charge is 2.36. The topological polar surface area (TPSA) is 86.8 Å². The van der Waals surface area contributed by atoms with E-state index in [0.29, 0.717) is 39.4 Å². The van der Waals surface area contributed by atoms with Crippen molar-refractivity contribution < 1.29 is 4.79 Å². The molecule has 0 fully saturated rings. The van der Waals surface area contributed by atoms with Crippen molar-refractivity contribution in [3.63, 3.8) is 0 Å². The minimum Gasteiger partial charge on any atom is -0.337 e. The van der Waals surface area contributed by atoms with Crippen molar-refractivity contribution in [3.8, 4) is 28.7 Å². The van der Waals surface area contributed by atoms with Gasteiger partial charge >= 0.3 is 0 Å². The molecule has 1 N–H and O–H groups in total. The Morgan fingerprint density at radius 1 is 0.812 bits per heavy atom. The van der Waals surface area contributed by atoms with Gasteiger partial charge in [-0.25, -0.2) is 9.97 Å². The first kappa shape index (κ1) is 17.0. The maximum atomic E-state index is 13.7. The van der Waals surface area contributed by atoms with Crippen LogP contribution in [0.1, 0.15) is 21.5 Å². The Labute approximate surface area is 181 Å². The second-order valence-electron chi connectivity index (χ2n) is 7.82. The third kappa shape index (κ3) is 1.99. The van der Waals surface area contributed by atoms with E-state index in [2.05, 4.69) is 11.1 Å². The second-order valence-corrected chi connectivity index (χ2v) is 7.82. The number of H-pyrrole nitrogens is 1. The summed E-state index contributed by atoms with van der Waals surface area (Å²) in [7, 11) is 0. The third-order valence-electron chi connectivity index (χ3n) is 6.14. The Morgan fingerprint density at radius 2 is 1.53 bits per heavy atom. The van der Waals surface area contributed by atoms with Crippen LogP contribution < -0.4 is 0 Å². The highest BCUT2D eigenvalue weighted by Crippen LogP contribution is 2.45. The minimum absolute atomic E-state index is 0.109. The van der Waals surface area contributed by atoms with Gasteiger partial charge in [0.1, 0.15) is 17.3 Å². The maximum absolute atomic E-state index is 13.7. The minimum atomic E-state index is -0.109. The number of nitriles is 1. The van der Waals surface area contributed by atoms with Gasteiger partial charge in [0.15, 0.2) is 17.3 Å². The molecule has 3 heterocycles. The number of nitrogens with one attached hydrogen (secondary N) is 1. The molecule has 1 aliphatic carbocycles. The lowest BCUT2D eigenvalue weighted by molar-refractivity contribution is 0.104. The second kappa shape index (κ2) is 5.90. The Kier molecular flexibility index (Phi) is 3.13. The van der Waals surface area contributed by atoms with E-state index in [1.54, 1.807) is 0 Å². The number of nitrogens with zero attached hydrogens (tertiary/aromatic N) is 4. The molecule has 6 aromatic rings. The highest BCUT2D eigenvalue weighted by atomic mass is 16.1. The molecule has 6 heteroatoms. The molecule has 3 aromatic heterocycles. The summed E-state index contributed by atoms with van der Waals surface area (Å²) in [5.41, 5.74) is 7.27. The van der Waals surface area contributed by atoms with E-state index in [1.165, 1.54) is 0 Å². The van der Waals surface area contributed by atoms with Gasteiger partial charge in [0.05, 0.1) is 27.6 Å². The molecule has 0 aliphatic heterocycles. The monoisotopic (exact) mass is 411 g/mol. The van der Waals surface area contributed by atoms with Crippen molar-refractivity contribution in [2.45, 2.75) is 0 Å². The van der Waals surface area contributed by atoms with Crippen molar-refractivity contribution in [2.75, 3.05) is 0 Å². The lowest BCUT2D eigenvalue weighted by Gasteiger charge is -2.12. The molecule has 1 aliphatic rings. The fourth-order valence-corrected chi connectivity index (χ4v) is 4.81. The number of hydrogen-bond donors (Lipinski definition) is 1. The largest absolute Gasteiger partial charge is 0.337 e. The predicted octanol–water partition coefficient (Wildman–Crippen LogP) is 5.11. The summed E-state index contributed by atoms with van der Waals surface area (Å²) in [4.78, 5) is 26.7. The molecule has 3 aromatic carbocycles. The molecule has 0 bridgehead atoms. The molecule has 7 rings (SSSR count). The number of benzene rings is 3. The smallest absolute Gasteiger partial charge is 0.196 e. The summed E-state index contributed by atoms with van der Waals surface area (Å²) in [6.07, 6.45) is 0. The van der Waals surface area contributed by atoms with Crippen molar-refractivity contribution in [1.82, 2.24) is 19.4 Å². The van der Waals surface area contributed by atoms with Crippen LogP contribution >= 0.6 is 0 Å². The quantitative estimate of drug-likeness (QED) is 0.406. The number of pyridine rings is 1. The van der Waals surface area contributed by atoms with E-state index in [0.717, 1.165) is 27.6 Å². The Balaban J connectivity index is 1.76. The van der Waals surface area contributed by atoms with E-state index in [9.17, 15) is 10.1 Å². The van der Waals surface area contributed by atoms with Gasteiger partial charge in [0.2, 0.25) is 0 Å². The number of carbonyl (C=O) groups excluding carboxylic acids is 1.